The van der Waals surface area contributed by atoms with Gasteiger partial charge in [0.15, 0.2) is 0 Å². The second-order valence-electron chi connectivity index (χ2n) is 4.34. The van der Waals surface area contributed by atoms with Crippen molar-refractivity contribution in [1.82, 2.24) is 4.90 Å². The van der Waals surface area contributed by atoms with Gasteiger partial charge >= 0.3 is 0 Å². The summed E-state index contributed by atoms with van der Waals surface area (Å²) < 4.78 is 0. The van der Waals surface area contributed by atoms with Crippen molar-refractivity contribution in [2.24, 2.45) is 0 Å². The zero-order valence-electron chi connectivity index (χ0n) is 9.28. The second-order valence-corrected chi connectivity index (χ2v) is 5.66. The molecule has 2 rings (SSSR count). The van der Waals surface area contributed by atoms with E-state index in [4.69, 9.17) is 0 Å². The lowest BCUT2D eigenvalue weighted by molar-refractivity contribution is 0.222. The molecule has 1 N–H and O–H groups in total. The standard InChI is InChI=1S/C12H19NOS/c1-10-4-5-12(15-10)11(9-14)8-13-6-2-3-7-13/h4-5,11,14H,2-3,6-9H2,1H3. The molecule has 1 fully saturated rings. The third kappa shape index (κ3) is 2.80. The van der Waals surface area contributed by atoms with E-state index >= 15 is 0 Å². The number of nitrogens with zero attached hydrogens (tertiary/aromatic N) is 1. The Kier molecular flexibility index (Phi) is 3.78. The van der Waals surface area contributed by atoms with Crippen LogP contribution in [0.25, 0.3) is 0 Å². The molecular formula is C12H19NOS. The molecule has 1 aromatic heterocycles. The Hall–Kier alpha value is -0.380. The lowest BCUT2D eigenvalue weighted by Crippen LogP contribution is -2.26. The number of rotatable bonds is 4. The van der Waals surface area contributed by atoms with E-state index in [9.17, 15) is 5.11 Å². The van der Waals surface area contributed by atoms with Crippen molar-refractivity contribution in [3.63, 3.8) is 0 Å². The quantitative estimate of drug-likeness (QED) is 0.849. The van der Waals surface area contributed by atoms with Crippen LogP contribution in [-0.2, 0) is 0 Å². The van der Waals surface area contributed by atoms with E-state index < -0.39 is 0 Å². The summed E-state index contributed by atoms with van der Waals surface area (Å²) in [6, 6.07) is 4.31. The molecule has 84 valence electrons. The SMILES string of the molecule is Cc1ccc(C(CO)CN2CCCC2)s1. The minimum absolute atomic E-state index is 0.274. The average Bonchev–Trinajstić information content (AvgIpc) is 2.85. The maximum atomic E-state index is 9.43. The molecule has 0 aliphatic carbocycles. The summed E-state index contributed by atoms with van der Waals surface area (Å²) in [5, 5.41) is 9.43. The van der Waals surface area contributed by atoms with E-state index in [-0.39, 0.29) is 6.61 Å². The van der Waals surface area contributed by atoms with Gasteiger partial charge in [0.25, 0.3) is 0 Å². The fraction of sp³-hybridized carbons (Fsp3) is 0.667. The molecule has 0 saturated carbocycles. The first-order chi connectivity index (χ1) is 7.29. The zero-order valence-corrected chi connectivity index (χ0v) is 10.1. The molecule has 3 heteroatoms. The van der Waals surface area contributed by atoms with Gasteiger partial charge in [-0.3, -0.25) is 0 Å². The van der Waals surface area contributed by atoms with Gasteiger partial charge in [-0.2, -0.15) is 0 Å². The van der Waals surface area contributed by atoms with Gasteiger partial charge in [0.2, 0.25) is 0 Å². The van der Waals surface area contributed by atoms with E-state index in [1.807, 2.05) is 11.3 Å². The summed E-state index contributed by atoms with van der Waals surface area (Å²) in [6.45, 7) is 5.84. The Morgan fingerprint density at radius 2 is 2.13 bits per heavy atom. The molecular weight excluding hydrogens is 206 g/mol. The third-order valence-electron chi connectivity index (χ3n) is 3.06. The van der Waals surface area contributed by atoms with E-state index in [0.29, 0.717) is 5.92 Å². The molecule has 2 heterocycles. The molecule has 0 radical (unpaired) electrons. The van der Waals surface area contributed by atoms with Crippen LogP contribution in [0.4, 0.5) is 0 Å². The van der Waals surface area contributed by atoms with Gasteiger partial charge in [0.1, 0.15) is 0 Å². The van der Waals surface area contributed by atoms with Gasteiger partial charge in [0.05, 0.1) is 6.61 Å². The maximum absolute atomic E-state index is 9.43. The third-order valence-corrected chi connectivity index (χ3v) is 4.22. The highest BCUT2D eigenvalue weighted by Gasteiger charge is 2.19. The zero-order chi connectivity index (χ0) is 10.7. The number of likely N-dealkylation sites (tertiary alicyclic amines) is 1. The van der Waals surface area contributed by atoms with Gasteiger partial charge in [-0.1, -0.05) is 0 Å². The first-order valence-electron chi connectivity index (χ1n) is 5.69. The highest BCUT2D eigenvalue weighted by Crippen LogP contribution is 2.26. The first-order valence-corrected chi connectivity index (χ1v) is 6.51. The summed E-state index contributed by atoms with van der Waals surface area (Å²) in [6.07, 6.45) is 2.64. The summed E-state index contributed by atoms with van der Waals surface area (Å²) in [5.41, 5.74) is 0. The number of aliphatic hydroxyl groups excluding tert-OH is 1. The Labute approximate surface area is 95.5 Å². The van der Waals surface area contributed by atoms with Gasteiger partial charge in [-0.05, 0) is 45.0 Å². The summed E-state index contributed by atoms with van der Waals surface area (Å²) in [4.78, 5) is 5.14. The van der Waals surface area contributed by atoms with Gasteiger partial charge in [-0.25, -0.2) is 0 Å². The van der Waals surface area contributed by atoms with Crippen molar-refractivity contribution in [3.05, 3.63) is 21.9 Å². The Bertz CT molecular complexity index is 304. The van der Waals surface area contributed by atoms with Crippen molar-refractivity contribution >= 4 is 11.3 Å². The largest absolute Gasteiger partial charge is 0.396 e. The Balaban J connectivity index is 1.97. The van der Waals surface area contributed by atoms with Crippen LogP contribution in [0.2, 0.25) is 0 Å². The smallest absolute Gasteiger partial charge is 0.0520 e. The van der Waals surface area contributed by atoms with Crippen molar-refractivity contribution in [2.75, 3.05) is 26.2 Å². The lowest BCUT2D eigenvalue weighted by Gasteiger charge is -2.20. The van der Waals surface area contributed by atoms with Crippen LogP contribution in [-0.4, -0.2) is 36.2 Å². The van der Waals surface area contributed by atoms with Crippen molar-refractivity contribution < 1.29 is 5.11 Å². The minimum Gasteiger partial charge on any atom is -0.396 e. The molecule has 0 bridgehead atoms. The molecule has 0 spiro atoms. The molecule has 0 aromatic carbocycles. The minimum atomic E-state index is 0.274. The second kappa shape index (κ2) is 5.10. The maximum Gasteiger partial charge on any atom is 0.0520 e. The van der Waals surface area contributed by atoms with Gasteiger partial charge in [-0.15, -0.1) is 11.3 Å². The highest BCUT2D eigenvalue weighted by molar-refractivity contribution is 7.12. The number of thiophene rings is 1. The van der Waals surface area contributed by atoms with E-state index in [1.165, 1.54) is 35.7 Å². The van der Waals surface area contributed by atoms with Gasteiger partial charge in [0, 0.05) is 22.2 Å². The van der Waals surface area contributed by atoms with Crippen LogP contribution in [0, 0.1) is 6.92 Å². The fourth-order valence-corrected chi connectivity index (χ4v) is 3.15. The molecule has 1 saturated heterocycles. The first kappa shape index (κ1) is 11.1. The van der Waals surface area contributed by atoms with Crippen LogP contribution < -0.4 is 0 Å². The number of aryl methyl sites for hydroxylation is 1. The molecule has 1 unspecified atom stereocenters. The molecule has 1 aliphatic heterocycles. The molecule has 15 heavy (non-hydrogen) atoms. The number of aliphatic hydroxyl groups is 1. The van der Waals surface area contributed by atoms with Crippen molar-refractivity contribution in [1.29, 1.82) is 0 Å². The van der Waals surface area contributed by atoms with Crippen molar-refractivity contribution in [2.45, 2.75) is 25.7 Å². The average molecular weight is 225 g/mol. The Morgan fingerprint density at radius 1 is 1.40 bits per heavy atom. The van der Waals surface area contributed by atoms with Crippen LogP contribution in [0.15, 0.2) is 12.1 Å². The van der Waals surface area contributed by atoms with Crippen LogP contribution in [0.1, 0.15) is 28.5 Å². The van der Waals surface area contributed by atoms with Crippen LogP contribution in [0.3, 0.4) is 0 Å². The van der Waals surface area contributed by atoms with Gasteiger partial charge < -0.3 is 10.0 Å². The van der Waals surface area contributed by atoms with Crippen LogP contribution >= 0.6 is 11.3 Å². The fourth-order valence-electron chi connectivity index (χ4n) is 2.19. The number of hydrogen-bond acceptors (Lipinski definition) is 3. The van der Waals surface area contributed by atoms with Crippen molar-refractivity contribution in [3.8, 4) is 0 Å². The predicted molar refractivity (Wildman–Crippen MR) is 64.6 cm³/mol. The molecule has 0 amide bonds. The van der Waals surface area contributed by atoms with E-state index in [0.717, 1.165) is 6.54 Å². The lowest BCUT2D eigenvalue weighted by atomic mass is 10.1. The topological polar surface area (TPSA) is 23.5 Å². The predicted octanol–water partition coefficient (Wildman–Crippen LogP) is 2.23. The van der Waals surface area contributed by atoms with E-state index in [1.54, 1.807) is 0 Å². The molecule has 1 aliphatic rings. The molecule has 2 nitrogen and oxygen atoms in total. The molecule has 1 aromatic rings. The normalized spacial score (nSPS) is 19.6. The summed E-state index contributed by atoms with van der Waals surface area (Å²) in [5.74, 6) is 0.321. The van der Waals surface area contributed by atoms with Crippen LogP contribution in [0.5, 0.6) is 0 Å². The monoisotopic (exact) mass is 225 g/mol. The summed E-state index contributed by atoms with van der Waals surface area (Å²) >= 11 is 1.82. The molecule has 1 atom stereocenters. The Morgan fingerprint density at radius 3 is 2.67 bits per heavy atom. The number of hydrogen-bond donors (Lipinski definition) is 1. The highest BCUT2D eigenvalue weighted by atomic mass is 32.1. The summed E-state index contributed by atoms with van der Waals surface area (Å²) in [7, 11) is 0. The van der Waals surface area contributed by atoms with E-state index in [2.05, 4.69) is 24.0 Å².